The summed E-state index contributed by atoms with van der Waals surface area (Å²) in [6.07, 6.45) is 10.8. The molecule has 0 saturated heterocycles. The molecule has 3 nitrogen and oxygen atoms in total. The average Bonchev–Trinajstić information content (AvgIpc) is 2.43. The molecule has 0 aliphatic heterocycles. The number of ether oxygens (including phenoxy) is 1. The van der Waals surface area contributed by atoms with E-state index in [1.54, 1.807) is 6.92 Å². The van der Waals surface area contributed by atoms with Crippen LogP contribution in [0.3, 0.4) is 0 Å². The quantitative estimate of drug-likeness (QED) is 0.458. The lowest BCUT2D eigenvalue weighted by molar-refractivity contribution is -0.136. The second kappa shape index (κ2) is 7.85. The van der Waals surface area contributed by atoms with Crippen LogP contribution in [0.15, 0.2) is 11.6 Å². The second-order valence-electron chi connectivity index (χ2n) is 4.96. The second-order valence-corrected chi connectivity index (χ2v) is 6.23. The lowest BCUT2D eigenvalue weighted by Gasteiger charge is -2.35. The van der Waals surface area contributed by atoms with E-state index >= 15 is 0 Å². The largest absolute Gasteiger partial charge is 0.466 e. The zero-order valence-corrected chi connectivity index (χ0v) is 12.6. The number of carbonyl (C=O) groups excluding carboxylic acids is 1. The van der Waals surface area contributed by atoms with E-state index in [-0.39, 0.29) is 5.97 Å². The van der Waals surface area contributed by atoms with Crippen LogP contribution in [0, 0.1) is 0 Å². The minimum absolute atomic E-state index is 0.242. The van der Waals surface area contributed by atoms with E-state index in [0.717, 1.165) is 13.1 Å². The monoisotopic (exact) mass is 271 g/mol. The smallest absolute Gasteiger partial charge is 0.333 e. The Morgan fingerprint density at radius 1 is 1.39 bits per heavy atom. The zero-order valence-electron chi connectivity index (χ0n) is 11.8. The van der Waals surface area contributed by atoms with Crippen LogP contribution >= 0.6 is 11.8 Å². The van der Waals surface area contributed by atoms with Crippen LogP contribution in [0.4, 0.5) is 0 Å². The number of thioether (sulfide) groups is 1. The van der Waals surface area contributed by atoms with Gasteiger partial charge in [0.2, 0.25) is 0 Å². The van der Waals surface area contributed by atoms with Gasteiger partial charge in [0, 0.05) is 23.4 Å². The number of nitrogens with one attached hydrogen (secondary N) is 1. The van der Waals surface area contributed by atoms with Gasteiger partial charge in [0.25, 0.3) is 0 Å². The molecule has 0 atom stereocenters. The Morgan fingerprint density at radius 3 is 2.61 bits per heavy atom. The molecule has 1 fully saturated rings. The predicted octanol–water partition coefficient (Wildman–Crippen LogP) is 2.76. The molecular weight excluding hydrogens is 246 g/mol. The maximum Gasteiger partial charge on any atom is 0.333 e. The first-order chi connectivity index (χ1) is 8.63. The summed E-state index contributed by atoms with van der Waals surface area (Å²) < 4.78 is 5.07. The van der Waals surface area contributed by atoms with Gasteiger partial charge < -0.3 is 10.1 Å². The molecule has 18 heavy (non-hydrogen) atoms. The Balaban J connectivity index is 2.33. The molecule has 1 aliphatic carbocycles. The van der Waals surface area contributed by atoms with Crippen molar-refractivity contribution in [1.82, 2.24) is 5.32 Å². The summed E-state index contributed by atoms with van der Waals surface area (Å²) in [5.74, 6) is -0.242. The van der Waals surface area contributed by atoms with Gasteiger partial charge in [-0.05, 0) is 26.0 Å². The third kappa shape index (κ3) is 4.65. The Morgan fingerprint density at radius 2 is 2.06 bits per heavy atom. The molecule has 104 valence electrons. The highest BCUT2D eigenvalue weighted by molar-refractivity contribution is 8.00. The SMILES string of the molecule is COC(=O)C(C)=CCNCC1(SC)CCCCC1. The number of hydrogen-bond acceptors (Lipinski definition) is 4. The summed E-state index contributed by atoms with van der Waals surface area (Å²) in [6, 6.07) is 0. The van der Waals surface area contributed by atoms with Crippen molar-refractivity contribution in [2.75, 3.05) is 26.5 Å². The summed E-state index contributed by atoms with van der Waals surface area (Å²) >= 11 is 1.99. The first-order valence-electron chi connectivity index (χ1n) is 6.64. The van der Waals surface area contributed by atoms with Gasteiger partial charge in [-0.3, -0.25) is 0 Å². The highest BCUT2D eigenvalue weighted by Gasteiger charge is 2.30. The van der Waals surface area contributed by atoms with Crippen molar-refractivity contribution in [2.45, 2.75) is 43.8 Å². The highest BCUT2D eigenvalue weighted by Crippen LogP contribution is 2.37. The van der Waals surface area contributed by atoms with Gasteiger partial charge in [-0.1, -0.05) is 25.3 Å². The summed E-state index contributed by atoms with van der Waals surface area (Å²) in [7, 11) is 1.41. The average molecular weight is 271 g/mol. The topological polar surface area (TPSA) is 38.3 Å². The lowest BCUT2D eigenvalue weighted by Crippen LogP contribution is -2.39. The van der Waals surface area contributed by atoms with Crippen LogP contribution in [0.5, 0.6) is 0 Å². The van der Waals surface area contributed by atoms with Crippen molar-refractivity contribution in [3.8, 4) is 0 Å². The molecule has 1 saturated carbocycles. The molecule has 0 radical (unpaired) electrons. The lowest BCUT2D eigenvalue weighted by atomic mass is 9.88. The number of rotatable bonds is 6. The highest BCUT2D eigenvalue weighted by atomic mass is 32.2. The van der Waals surface area contributed by atoms with E-state index in [2.05, 4.69) is 16.3 Å². The van der Waals surface area contributed by atoms with Gasteiger partial charge >= 0.3 is 5.97 Å². The molecule has 0 bridgehead atoms. The first-order valence-corrected chi connectivity index (χ1v) is 7.87. The van der Waals surface area contributed by atoms with Crippen molar-refractivity contribution in [3.63, 3.8) is 0 Å². The minimum atomic E-state index is -0.242. The molecule has 0 amide bonds. The molecular formula is C14H25NO2S. The third-order valence-electron chi connectivity index (χ3n) is 3.70. The fourth-order valence-corrected chi connectivity index (χ4v) is 3.36. The normalized spacial score (nSPS) is 19.6. The van der Waals surface area contributed by atoms with Crippen molar-refractivity contribution in [3.05, 3.63) is 11.6 Å². The predicted molar refractivity (Wildman–Crippen MR) is 78.0 cm³/mol. The van der Waals surface area contributed by atoms with Gasteiger partial charge in [0.1, 0.15) is 0 Å². The van der Waals surface area contributed by atoms with E-state index in [1.807, 2.05) is 17.8 Å². The van der Waals surface area contributed by atoms with Crippen molar-refractivity contribution < 1.29 is 9.53 Å². The number of esters is 1. The summed E-state index contributed by atoms with van der Waals surface area (Å²) in [6.45, 7) is 3.56. The third-order valence-corrected chi connectivity index (χ3v) is 5.12. The Labute approximate surface area is 115 Å². The fourth-order valence-electron chi connectivity index (χ4n) is 2.42. The Bertz CT molecular complexity index is 296. The van der Waals surface area contributed by atoms with Crippen LogP contribution < -0.4 is 5.32 Å². The number of carbonyl (C=O) groups is 1. The van der Waals surface area contributed by atoms with Crippen LogP contribution in [-0.4, -0.2) is 37.2 Å². The van der Waals surface area contributed by atoms with E-state index < -0.39 is 0 Å². The van der Waals surface area contributed by atoms with E-state index in [4.69, 9.17) is 0 Å². The zero-order chi connectivity index (χ0) is 13.4. The van der Waals surface area contributed by atoms with Crippen LogP contribution in [0.1, 0.15) is 39.0 Å². The van der Waals surface area contributed by atoms with E-state index in [1.165, 1.54) is 39.2 Å². The first kappa shape index (κ1) is 15.6. The minimum Gasteiger partial charge on any atom is -0.466 e. The molecule has 1 rings (SSSR count). The molecule has 0 aromatic heterocycles. The fraction of sp³-hybridized carbons (Fsp3) is 0.786. The number of hydrogen-bond donors (Lipinski definition) is 1. The summed E-state index contributed by atoms with van der Waals surface area (Å²) in [5, 5.41) is 3.45. The maximum atomic E-state index is 11.2. The van der Waals surface area contributed by atoms with Crippen molar-refractivity contribution in [1.29, 1.82) is 0 Å². The molecule has 0 spiro atoms. The molecule has 0 aromatic rings. The van der Waals surface area contributed by atoms with Crippen molar-refractivity contribution in [2.24, 2.45) is 0 Å². The molecule has 1 N–H and O–H groups in total. The van der Waals surface area contributed by atoms with E-state index in [9.17, 15) is 4.79 Å². The Hall–Kier alpha value is -0.480. The van der Waals surface area contributed by atoms with E-state index in [0.29, 0.717) is 10.3 Å². The maximum absolute atomic E-state index is 11.2. The number of methoxy groups -OCH3 is 1. The van der Waals surface area contributed by atoms with Gasteiger partial charge in [0.05, 0.1) is 7.11 Å². The van der Waals surface area contributed by atoms with Crippen LogP contribution in [-0.2, 0) is 9.53 Å². The molecule has 0 aromatic carbocycles. The van der Waals surface area contributed by atoms with Crippen LogP contribution in [0.25, 0.3) is 0 Å². The molecule has 0 heterocycles. The summed E-state index contributed by atoms with van der Waals surface area (Å²) in [5.41, 5.74) is 0.673. The standard InChI is InChI=1S/C14H25NO2S/c1-12(13(16)17-2)7-10-15-11-14(18-3)8-5-4-6-9-14/h7,15H,4-6,8-11H2,1-3H3. The van der Waals surface area contributed by atoms with Gasteiger partial charge in [-0.25, -0.2) is 4.79 Å². The Kier molecular flexibility index (Phi) is 6.79. The molecule has 4 heteroatoms. The van der Waals surface area contributed by atoms with Crippen molar-refractivity contribution >= 4 is 17.7 Å². The molecule has 0 unspecified atom stereocenters. The van der Waals surface area contributed by atoms with Gasteiger partial charge in [-0.15, -0.1) is 0 Å². The van der Waals surface area contributed by atoms with Crippen LogP contribution in [0.2, 0.25) is 0 Å². The van der Waals surface area contributed by atoms with Gasteiger partial charge in [-0.2, -0.15) is 11.8 Å². The molecule has 1 aliphatic rings. The summed E-state index contributed by atoms with van der Waals surface area (Å²) in [4.78, 5) is 11.2. The van der Waals surface area contributed by atoms with Gasteiger partial charge in [0.15, 0.2) is 0 Å².